The van der Waals surface area contributed by atoms with Crippen LogP contribution < -0.4 is 4.90 Å². The third-order valence-corrected chi connectivity index (χ3v) is 5.01. The number of rotatable bonds is 3. The summed E-state index contributed by atoms with van der Waals surface area (Å²) in [6, 6.07) is 19.5. The standard InChI is InChI=1S/C23H15ClFNO3/c24-15-9-6-10-16(13-15)26-20(17-11-4-5-12-18(17)25)19(22(28)23(26)29)21(27)14-7-2-1-3-8-14/h1-13,20,27H. The van der Waals surface area contributed by atoms with E-state index >= 15 is 0 Å². The van der Waals surface area contributed by atoms with Gasteiger partial charge in [0.15, 0.2) is 0 Å². The number of hydrogen-bond donors (Lipinski definition) is 1. The number of hydrogen-bond acceptors (Lipinski definition) is 3. The molecule has 4 rings (SSSR count). The first-order valence-corrected chi connectivity index (χ1v) is 9.23. The number of nitrogens with zero attached hydrogens (tertiary/aromatic N) is 1. The Morgan fingerprint density at radius 3 is 2.31 bits per heavy atom. The van der Waals surface area contributed by atoms with Crippen molar-refractivity contribution in [2.24, 2.45) is 0 Å². The predicted octanol–water partition coefficient (Wildman–Crippen LogP) is 5.11. The van der Waals surface area contributed by atoms with Crippen LogP contribution in [-0.2, 0) is 9.59 Å². The molecule has 29 heavy (non-hydrogen) atoms. The van der Waals surface area contributed by atoms with Crippen LogP contribution in [0.1, 0.15) is 17.2 Å². The minimum absolute atomic E-state index is 0.101. The molecule has 0 radical (unpaired) electrons. The largest absolute Gasteiger partial charge is 0.507 e. The van der Waals surface area contributed by atoms with Gasteiger partial charge in [0.25, 0.3) is 11.7 Å². The number of aliphatic hydroxyl groups is 1. The first kappa shape index (κ1) is 18.9. The van der Waals surface area contributed by atoms with Crippen molar-refractivity contribution in [1.82, 2.24) is 0 Å². The van der Waals surface area contributed by atoms with Crippen LogP contribution in [0.5, 0.6) is 0 Å². The number of Topliss-reactive ketones (excluding diaryl/α,β-unsaturated/α-hetero) is 1. The molecule has 1 aliphatic rings. The van der Waals surface area contributed by atoms with Crippen LogP contribution in [0.15, 0.2) is 84.4 Å². The van der Waals surface area contributed by atoms with Crippen molar-refractivity contribution in [2.75, 3.05) is 4.90 Å². The molecule has 1 aliphatic heterocycles. The highest BCUT2D eigenvalue weighted by Crippen LogP contribution is 2.43. The number of carbonyl (C=O) groups is 2. The first-order valence-electron chi connectivity index (χ1n) is 8.85. The Morgan fingerprint density at radius 2 is 1.62 bits per heavy atom. The molecule has 1 unspecified atom stereocenters. The number of halogens is 2. The molecule has 0 aliphatic carbocycles. The second kappa shape index (κ2) is 7.53. The van der Waals surface area contributed by atoms with Gasteiger partial charge in [0.2, 0.25) is 0 Å². The molecule has 0 spiro atoms. The van der Waals surface area contributed by atoms with Crippen molar-refractivity contribution in [1.29, 1.82) is 0 Å². The summed E-state index contributed by atoms with van der Waals surface area (Å²) in [4.78, 5) is 27.0. The average molecular weight is 408 g/mol. The maximum atomic E-state index is 14.7. The molecule has 1 N–H and O–H groups in total. The molecule has 0 saturated carbocycles. The van der Waals surface area contributed by atoms with Crippen LogP contribution in [0, 0.1) is 5.82 Å². The number of aliphatic hydroxyl groups excluding tert-OH is 1. The smallest absolute Gasteiger partial charge is 0.300 e. The van der Waals surface area contributed by atoms with Crippen molar-refractivity contribution in [3.05, 3.63) is 106 Å². The quantitative estimate of drug-likeness (QED) is 0.373. The molecular weight excluding hydrogens is 393 g/mol. The van der Waals surface area contributed by atoms with Gasteiger partial charge in [-0.1, -0.05) is 66.2 Å². The van der Waals surface area contributed by atoms with E-state index in [1.807, 2.05) is 0 Å². The molecule has 1 saturated heterocycles. The van der Waals surface area contributed by atoms with Gasteiger partial charge in [-0.25, -0.2) is 4.39 Å². The van der Waals surface area contributed by atoms with Crippen LogP contribution in [0.4, 0.5) is 10.1 Å². The Bertz CT molecular complexity index is 1140. The van der Waals surface area contributed by atoms with Gasteiger partial charge in [0, 0.05) is 21.8 Å². The van der Waals surface area contributed by atoms with Gasteiger partial charge in [-0.3, -0.25) is 14.5 Å². The molecule has 1 heterocycles. The van der Waals surface area contributed by atoms with Crippen molar-refractivity contribution >= 4 is 34.7 Å². The number of ketones is 1. The van der Waals surface area contributed by atoms with Gasteiger partial charge in [0.1, 0.15) is 11.6 Å². The highest BCUT2D eigenvalue weighted by Gasteiger charge is 2.47. The zero-order valence-electron chi connectivity index (χ0n) is 15.0. The average Bonchev–Trinajstić information content (AvgIpc) is 2.99. The molecule has 3 aromatic rings. The van der Waals surface area contributed by atoms with Crippen LogP contribution in [0.25, 0.3) is 5.76 Å². The SMILES string of the molecule is O=C1C(=O)N(c2cccc(Cl)c2)C(c2ccccc2F)C1=C(O)c1ccccc1. The second-order valence-corrected chi connectivity index (χ2v) is 6.97. The monoisotopic (exact) mass is 407 g/mol. The van der Waals surface area contributed by atoms with Gasteiger partial charge < -0.3 is 5.11 Å². The van der Waals surface area contributed by atoms with E-state index < -0.39 is 23.5 Å². The fourth-order valence-electron chi connectivity index (χ4n) is 3.47. The molecule has 0 bridgehead atoms. The lowest BCUT2D eigenvalue weighted by Gasteiger charge is -2.25. The van der Waals surface area contributed by atoms with Crippen molar-refractivity contribution < 1.29 is 19.1 Å². The Balaban J connectivity index is 1.99. The fraction of sp³-hybridized carbons (Fsp3) is 0.0435. The van der Waals surface area contributed by atoms with E-state index in [1.54, 1.807) is 54.6 Å². The van der Waals surface area contributed by atoms with E-state index in [2.05, 4.69) is 0 Å². The molecule has 3 aromatic carbocycles. The Morgan fingerprint density at radius 1 is 0.931 bits per heavy atom. The van der Waals surface area contributed by atoms with Crippen LogP contribution in [-0.4, -0.2) is 16.8 Å². The number of amides is 1. The van der Waals surface area contributed by atoms with Crippen molar-refractivity contribution in [2.45, 2.75) is 6.04 Å². The summed E-state index contributed by atoms with van der Waals surface area (Å²) in [6.07, 6.45) is 0. The topological polar surface area (TPSA) is 57.6 Å². The lowest BCUT2D eigenvalue weighted by molar-refractivity contribution is -0.132. The van der Waals surface area contributed by atoms with E-state index in [0.29, 0.717) is 16.3 Å². The Hall–Kier alpha value is -3.44. The Kier molecular flexibility index (Phi) is 4.91. The highest BCUT2D eigenvalue weighted by molar-refractivity contribution is 6.51. The molecule has 4 nitrogen and oxygen atoms in total. The van der Waals surface area contributed by atoms with Gasteiger partial charge in [-0.15, -0.1) is 0 Å². The zero-order valence-corrected chi connectivity index (χ0v) is 15.8. The number of anilines is 1. The molecule has 6 heteroatoms. The number of carbonyl (C=O) groups excluding carboxylic acids is 2. The predicted molar refractivity (Wildman–Crippen MR) is 109 cm³/mol. The molecule has 144 valence electrons. The number of benzene rings is 3. The van der Waals surface area contributed by atoms with Crippen molar-refractivity contribution in [3.63, 3.8) is 0 Å². The summed E-state index contributed by atoms with van der Waals surface area (Å²) >= 11 is 6.07. The fourth-order valence-corrected chi connectivity index (χ4v) is 3.65. The molecule has 1 amide bonds. The van der Waals surface area contributed by atoms with E-state index in [0.717, 1.165) is 0 Å². The normalized spacial score (nSPS) is 18.3. The van der Waals surface area contributed by atoms with Crippen LogP contribution in [0.2, 0.25) is 5.02 Å². The molecule has 0 aromatic heterocycles. The van der Waals surface area contributed by atoms with E-state index in [4.69, 9.17) is 11.6 Å². The third-order valence-electron chi connectivity index (χ3n) is 4.78. The summed E-state index contributed by atoms with van der Waals surface area (Å²) < 4.78 is 14.7. The highest BCUT2D eigenvalue weighted by atomic mass is 35.5. The summed E-state index contributed by atoms with van der Waals surface area (Å²) in [6.45, 7) is 0. The van der Waals surface area contributed by atoms with Crippen LogP contribution >= 0.6 is 11.6 Å². The maximum absolute atomic E-state index is 14.7. The molecule has 1 atom stereocenters. The van der Waals surface area contributed by atoms with Crippen LogP contribution in [0.3, 0.4) is 0 Å². The van der Waals surface area contributed by atoms with Gasteiger partial charge >= 0.3 is 0 Å². The maximum Gasteiger partial charge on any atom is 0.300 e. The second-order valence-electron chi connectivity index (χ2n) is 6.54. The lowest BCUT2D eigenvalue weighted by atomic mass is 9.95. The lowest BCUT2D eigenvalue weighted by Crippen LogP contribution is -2.29. The van der Waals surface area contributed by atoms with Crippen molar-refractivity contribution in [3.8, 4) is 0 Å². The van der Waals surface area contributed by atoms with E-state index in [1.165, 1.54) is 29.2 Å². The first-order chi connectivity index (χ1) is 14.0. The molecule has 1 fully saturated rings. The minimum Gasteiger partial charge on any atom is -0.507 e. The van der Waals surface area contributed by atoms with Gasteiger partial charge in [-0.2, -0.15) is 0 Å². The Labute approximate surface area is 171 Å². The zero-order chi connectivity index (χ0) is 20.5. The summed E-state index contributed by atoms with van der Waals surface area (Å²) in [7, 11) is 0. The van der Waals surface area contributed by atoms with Gasteiger partial charge in [0.05, 0.1) is 11.6 Å². The minimum atomic E-state index is -1.13. The van der Waals surface area contributed by atoms with E-state index in [9.17, 15) is 19.1 Å². The summed E-state index contributed by atoms with van der Waals surface area (Å²) in [5, 5.41) is 11.2. The summed E-state index contributed by atoms with van der Waals surface area (Å²) in [5.41, 5.74) is 0.619. The summed E-state index contributed by atoms with van der Waals surface area (Å²) in [5.74, 6) is -2.70. The molecular formula is C23H15ClFNO3. The third kappa shape index (κ3) is 3.30. The van der Waals surface area contributed by atoms with E-state index in [-0.39, 0.29) is 16.9 Å². The van der Waals surface area contributed by atoms with Gasteiger partial charge in [-0.05, 0) is 24.3 Å².